The molecule has 1 aliphatic heterocycles. The minimum absolute atomic E-state index is 0. The molecule has 160 valence electrons. The third-order valence-electron chi connectivity index (χ3n) is 4.84. The van der Waals surface area contributed by atoms with E-state index in [4.69, 9.17) is 16.4 Å². The predicted molar refractivity (Wildman–Crippen MR) is 113 cm³/mol. The molecule has 0 saturated carbocycles. The van der Waals surface area contributed by atoms with E-state index < -0.39 is 40.3 Å². The molecule has 2 aromatic carbocycles. The van der Waals surface area contributed by atoms with Crippen LogP contribution in [-0.2, 0) is 16.3 Å². The van der Waals surface area contributed by atoms with Gasteiger partial charge in [-0.15, -0.1) is 12.4 Å². The quantitative estimate of drug-likeness (QED) is 0.578. The summed E-state index contributed by atoms with van der Waals surface area (Å²) < 4.78 is 65.6. The maximum atomic E-state index is 15.1. The highest BCUT2D eigenvalue weighted by molar-refractivity contribution is 7.90. The largest absolute Gasteiger partial charge is 0.306 e. The van der Waals surface area contributed by atoms with Gasteiger partial charge in [-0.2, -0.15) is 0 Å². The summed E-state index contributed by atoms with van der Waals surface area (Å²) in [6.07, 6.45) is -0.0350. The van der Waals surface area contributed by atoms with Crippen LogP contribution in [0, 0.1) is 10.6 Å². The van der Waals surface area contributed by atoms with E-state index in [0.29, 0.717) is 16.1 Å². The molecule has 1 heterocycles. The minimum atomic E-state index is -3.34. The van der Waals surface area contributed by atoms with Crippen molar-refractivity contribution in [3.63, 3.8) is 0 Å². The zero-order chi connectivity index (χ0) is 20.5. The summed E-state index contributed by atoms with van der Waals surface area (Å²) in [6, 6.07) is 9.15. The SMILES string of the molecule is CCS(=N)(=O)N[C@@H]1[C@H](Cc2cccc(-c3cccc(Cl)c3)c2F)NCC1(F)F.Cl. The lowest BCUT2D eigenvalue weighted by Gasteiger charge is -2.25. The molecule has 1 saturated heterocycles. The molecule has 0 bridgehead atoms. The molecular weight excluding hydrogens is 446 g/mol. The molecule has 3 N–H and O–H groups in total. The lowest BCUT2D eigenvalue weighted by molar-refractivity contribution is -0.000625. The number of halogens is 5. The average molecular weight is 468 g/mol. The molecular formula is C19H22Cl2F3N3OS. The fraction of sp³-hybridized carbons (Fsp3) is 0.368. The van der Waals surface area contributed by atoms with E-state index in [9.17, 15) is 13.0 Å². The van der Waals surface area contributed by atoms with Crippen LogP contribution < -0.4 is 10.0 Å². The second kappa shape index (κ2) is 9.22. The van der Waals surface area contributed by atoms with Gasteiger partial charge in [0, 0.05) is 22.4 Å². The molecule has 1 aliphatic rings. The Labute approximate surface area is 179 Å². The van der Waals surface area contributed by atoms with Crippen molar-refractivity contribution < 1.29 is 17.4 Å². The number of rotatable bonds is 6. The van der Waals surface area contributed by atoms with Crippen LogP contribution in [0.3, 0.4) is 0 Å². The molecule has 1 fully saturated rings. The van der Waals surface area contributed by atoms with Gasteiger partial charge in [-0.05, 0) is 29.7 Å². The Hall–Kier alpha value is -1.32. The van der Waals surface area contributed by atoms with Crippen molar-refractivity contribution in [1.82, 2.24) is 10.0 Å². The number of hydrogen-bond acceptors (Lipinski definition) is 3. The van der Waals surface area contributed by atoms with Crippen LogP contribution in [0.15, 0.2) is 42.5 Å². The summed E-state index contributed by atoms with van der Waals surface area (Å²) in [5, 5.41) is 3.14. The fourth-order valence-corrected chi connectivity index (χ4v) is 4.39. The average Bonchev–Trinajstić information content (AvgIpc) is 2.91. The van der Waals surface area contributed by atoms with Crippen molar-refractivity contribution in [1.29, 1.82) is 4.78 Å². The predicted octanol–water partition coefficient (Wildman–Crippen LogP) is 4.66. The van der Waals surface area contributed by atoms with Crippen molar-refractivity contribution >= 4 is 33.9 Å². The second-order valence-corrected chi connectivity index (χ2v) is 9.40. The van der Waals surface area contributed by atoms with E-state index in [1.54, 1.807) is 36.4 Å². The van der Waals surface area contributed by atoms with Crippen LogP contribution in [0.25, 0.3) is 11.1 Å². The first-order chi connectivity index (χ1) is 13.1. The Kier molecular flexibility index (Phi) is 7.62. The molecule has 29 heavy (non-hydrogen) atoms. The fourth-order valence-electron chi connectivity index (χ4n) is 3.29. The molecule has 10 heteroatoms. The van der Waals surface area contributed by atoms with Gasteiger partial charge in [-0.3, -0.25) is 0 Å². The Morgan fingerprint density at radius 1 is 1.31 bits per heavy atom. The monoisotopic (exact) mass is 467 g/mol. The van der Waals surface area contributed by atoms with Gasteiger partial charge in [0.15, 0.2) is 0 Å². The van der Waals surface area contributed by atoms with Crippen LogP contribution in [0.2, 0.25) is 5.02 Å². The van der Waals surface area contributed by atoms with Crippen LogP contribution >= 0.6 is 24.0 Å². The zero-order valence-electron chi connectivity index (χ0n) is 15.6. The van der Waals surface area contributed by atoms with Crippen molar-refractivity contribution in [3.05, 3.63) is 58.9 Å². The molecule has 3 rings (SSSR count). The minimum Gasteiger partial charge on any atom is -0.306 e. The normalized spacial score (nSPS) is 22.7. The van der Waals surface area contributed by atoms with Crippen LogP contribution in [0.5, 0.6) is 0 Å². The smallest absolute Gasteiger partial charge is 0.277 e. The van der Waals surface area contributed by atoms with Crippen LogP contribution in [0.4, 0.5) is 13.2 Å². The molecule has 2 aromatic rings. The van der Waals surface area contributed by atoms with Crippen molar-refractivity contribution in [3.8, 4) is 11.1 Å². The Morgan fingerprint density at radius 3 is 2.66 bits per heavy atom. The van der Waals surface area contributed by atoms with Gasteiger partial charge in [-0.1, -0.05) is 48.9 Å². The van der Waals surface area contributed by atoms with E-state index in [2.05, 4.69) is 10.0 Å². The maximum Gasteiger partial charge on any atom is 0.277 e. The number of benzene rings is 2. The van der Waals surface area contributed by atoms with Crippen molar-refractivity contribution in [2.24, 2.45) is 0 Å². The summed E-state index contributed by atoms with van der Waals surface area (Å²) >= 11 is 5.98. The Bertz CT molecular complexity index is 973. The van der Waals surface area contributed by atoms with E-state index in [0.717, 1.165) is 0 Å². The standard InChI is InChI=1S/C19H21ClF3N3OS.ClH/c1-2-28(24,27)26-18-16(25-11-19(18,22)23)10-13-6-4-8-15(17(13)21)12-5-3-7-14(20)9-12;/h3-9,16,18,25H,2,10-11H2,1H3,(H2,24,26,27);1H/t16-,18+,28?;/m0./s1. The van der Waals surface area contributed by atoms with E-state index in [-0.39, 0.29) is 30.1 Å². The van der Waals surface area contributed by atoms with Gasteiger partial charge >= 0.3 is 0 Å². The first-order valence-corrected chi connectivity index (χ1v) is 10.9. The third-order valence-corrected chi connectivity index (χ3v) is 6.52. The summed E-state index contributed by atoms with van der Waals surface area (Å²) in [5.41, 5.74) is 1.17. The van der Waals surface area contributed by atoms with Gasteiger partial charge in [-0.25, -0.2) is 26.9 Å². The van der Waals surface area contributed by atoms with Gasteiger partial charge in [0.25, 0.3) is 5.92 Å². The van der Waals surface area contributed by atoms with Crippen molar-refractivity contribution in [2.45, 2.75) is 31.4 Å². The van der Waals surface area contributed by atoms with E-state index in [1.807, 2.05) is 0 Å². The first-order valence-electron chi connectivity index (χ1n) is 8.81. The molecule has 1 unspecified atom stereocenters. The first kappa shape index (κ1) is 24.0. The molecule has 0 amide bonds. The molecule has 0 aliphatic carbocycles. The molecule has 0 spiro atoms. The second-order valence-electron chi connectivity index (χ2n) is 6.80. The maximum absolute atomic E-state index is 15.1. The van der Waals surface area contributed by atoms with Gasteiger partial charge in [0.05, 0.1) is 6.54 Å². The van der Waals surface area contributed by atoms with Gasteiger partial charge < -0.3 is 5.32 Å². The van der Waals surface area contributed by atoms with Crippen LogP contribution in [0.1, 0.15) is 12.5 Å². The number of nitrogens with one attached hydrogen (secondary N) is 3. The number of hydrogen-bond donors (Lipinski definition) is 3. The highest BCUT2D eigenvalue weighted by Crippen LogP contribution is 2.31. The Balaban J connectivity index is 0.00000300. The summed E-state index contributed by atoms with van der Waals surface area (Å²) in [4.78, 5) is 0. The van der Waals surface area contributed by atoms with E-state index >= 15 is 4.39 Å². The Morgan fingerprint density at radius 2 is 2.00 bits per heavy atom. The zero-order valence-corrected chi connectivity index (χ0v) is 17.9. The number of alkyl halides is 2. The summed E-state index contributed by atoms with van der Waals surface area (Å²) in [6.45, 7) is 0.871. The summed E-state index contributed by atoms with van der Waals surface area (Å²) in [7, 11) is -3.34. The molecule has 0 radical (unpaired) electrons. The topological polar surface area (TPSA) is 65.0 Å². The van der Waals surface area contributed by atoms with Crippen molar-refractivity contribution in [2.75, 3.05) is 12.3 Å². The highest BCUT2D eigenvalue weighted by atomic mass is 35.5. The molecule has 0 aromatic heterocycles. The summed E-state index contributed by atoms with van der Waals surface area (Å²) in [5.74, 6) is -3.79. The molecule has 3 atom stereocenters. The third kappa shape index (κ3) is 5.44. The highest BCUT2D eigenvalue weighted by Gasteiger charge is 2.51. The lowest BCUT2D eigenvalue weighted by atomic mass is 9.96. The van der Waals surface area contributed by atoms with Crippen LogP contribution in [-0.4, -0.2) is 34.5 Å². The van der Waals surface area contributed by atoms with Gasteiger partial charge in [0.1, 0.15) is 21.8 Å². The van der Waals surface area contributed by atoms with Gasteiger partial charge in [0.2, 0.25) is 0 Å². The van der Waals surface area contributed by atoms with E-state index in [1.165, 1.54) is 13.0 Å². The molecule has 4 nitrogen and oxygen atoms in total. The lowest BCUT2D eigenvalue weighted by Crippen LogP contribution is -2.51.